The van der Waals surface area contributed by atoms with Gasteiger partial charge < -0.3 is 10.6 Å². The van der Waals surface area contributed by atoms with Crippen molar-refractivity contribution in [2.24, 2.45) is 0 Å². The maximum absolute atomic E-state index is 6.05. The van der Waals surface area contributed by atoms with E-state index in [0.717, 1.165) is 30.2 Å². The molecule has 2 aromatic rings. The van der Waals surface area contributed by atoms with Gasteiger partial charge in [-0.2, -0.15) is 0 Å². The van der Waals surface area contributed by atoms with Gasteiger partial charge in [0.25, 0.3) is 0 Å². The second-order valence-electron chi connectivity index (χ2n) is 5.27. The zero-order chi connectivity index (χ0) is 14.1. The van der Waals surface area contributed by atoms with Gasteiger partial charge in [-0.05, 0) is 31.2 Å². The number of nitrogens with two attached hydrogens (primary N) is 1. The van der Waals surface area contributed by atoms with Crippen molar-refractivity contribution in [1.29, 1.82) is 0 Å². The molecule has 3 rings (SSSR count). The van der Waals surface area contributed by atoms with Crippen LogP contribution in [0.3, 0.4) is 0 Å². The van der Waals surface area contributed by atoms with E-state index >= 15 is 0 Å². The minimum atomic E-state index is 0.606. The lowest BCUT2D eigenvalue weighted by atomic mass is 10.2. The molecule has 2 heterocycles. The summed E-state index contributed by atoms with van der Waals surface area (Å²) in [5, 5.41) is 2.12. The van der Waals surface area contributed by atoms with E-state index in [1.54, 1.807) is 11.3 Å². The maximum Gasteiger partial charge on any atom is 0.137 e. The standard InChI is InChI=1S/C15H20N4S/c1-3-13-17-14(16)10(2)15(18-13)19(11-6-7-11)9-12-5-4-8-20-12/h4-5,8,11H,3,6-7,9H2,1-2H3,(H2,16,17,18). The molecular weight excluding hydrogens is 268 g/mol. The molecule has 0 bridgehead atoms. The average Bonchev–Trinajstić information content (AvgIpc) is 3.16. The number of hydrogen-bond acceptors (Lipinski definition) is 5. The zero-order valence-corrected chi connectivity index (χ0v) is 12.8. The summed E-state index contributed by atoms with van der Waals surface area (Å²) in [6.07, 6.45) is 3.31. The second-order valence-corrected chi connectivity index (χ2v) is 6.30. The fraction of sp³-hybridized carbons (Fsp3) is 0.467. The van der Waals surface area contributed by atoms with E-state index in [4.69, 9.17) is 10.7 Å². The summed E-state index contributed by atoms with van der Waals surface area (Å²) in [7, 11) is 0. The molecule has 0 spiro atoms. The summed E-state index contributed by atoms with van der Waals surface area (Å²) >= 11 is 1.79. The lowest BCUT2D eigenvalue weighted by Crippen LogP contribution is -2.27. The molecule has 5 heteroatoms. The van der Waals surface area contributed by atoms with E-state index in [0.29, 0.717) is 11.9 Å². The van der Waals surface area contributed by atoms with Crippen molar-refractivity contribution in [3.63, 3.8) is 0 Å². The summed E-state index contributed by atoms with van der Waals surface area (Å²) in [6.45, 7) is 5.01. The van der Waals surface area contributed by atoms with Crippen LogP contribution in [0.1, 0.15) is 36.0 Å². The van der Waals surface area contributed by atoms with Crippen LogP contribution in [0, 0.1) is 6.92 Å². The summed E-state index contributed by atoms with van der Waals surface area (Å²) in [6, 6.07) is 4.89. The third-order valence-corrected chi connectivity index (χ3v) is 4.55. The molecule has 0 unspecified atom stereocenters. The van der Waals surface area contributed by atoms with Crippen LogP contribution >= 0.6 is 11.3 Å². The zero-order valence-electron chi connectivity index (χ0n) is 12.0. The normalized spacial score (nSPS) is 14.5. The first-order chi connectivity index (χ1) is 9.69. The number of aryl methyl sites for hydroxylation is 1. The number of anilines is 2. The Labute approximate surface area is 123 Å². The summed E-state index contributed by atoms with van der Waals surface area (Å²) in [5.41, 5.74) is 7.06. The van der Waals surface area contributed by atoms with Gasteiger partial charge in [-0.25, -0.2) is 9.97 Å². The highest BCUT2D eigenvalue weighted by Gasteiger charge is 2.31. The van der Waals surface area contributed by atoms with Crippen molar-refractivity contribution in [2.45, 2.75) is 45.7 Å². The molecule has 0 aromatic carbocycles. The van der Waals surface area contributed by atoms with Crippen LogP contribution < -0.4 is 10.6 Å². The Bertz CT molecular complexity index is 590. The van der Waals surface area contributed by atoms with E-state index in [2.05, 4.69) is 34.3 Å². The van der Waals surface area contributed by atoms with Gasteiger partial charge in [0.15, 0.2) is 0 Å². The number of rotatable bonds is 5. The number of aromatic nitrogens is 2. The highest BCUT2D eigenvalue weighted by molar-refractivity contribution is 7.09. The smallest absolute Gasteiger partial charge is 0.137 e. The molecule has 1 saturated carbocycles. The van der Waals surface area contributed by atoms with Crippen LogP contribution in [0.5, 0.6) is 0 Å². The van der Waals surface area contributed by atoms with Crippen LogP contribution in [-0.2, 0) is 13.0 Å². The van der Waals surface area contributed by atoms with Gasteiger partial charge in [0.1, 0.15) is 17.5 Å². The van der Waals surface area contributed by atoms with Crippen LogP contribution in [0.15, 0.2) is 17.5 Å². The molecule has 0 amide bonds. The first-order valence-electron chi connectivity index (χ1n) is 7.11. The SMILES string of the molecule is CCc1nc(N)c(C)c(N(Cc2cccs2)C2CC2)n1. The van der Waals surface area contributed by atoms with E-state index in [1.807, 2.05) is 6.92 Å². The van der Waals surface area contributed by atoms with Gasteiger partial charge in [0.2, 0.25) is 0 Å². The first-order valence-corrected chi connectivity index (χ1v) is 7.99. The predicted molar refractivity (Wildman–Crippen MR) is 84.1 cm³/mol. The Hall–Kier alpha value is -1.62. The fourth-order valence-corrected chi connectivity index (χ4v) is 3.04. The molecule has 2 aromatic heterocycles. The molecule has 106 valence electrons. The lowest BCUT2D eigenvalue weighted by Gasteiger charge is -2.25. The van der Waals surface area contributed by atoms with Gasteiger partial charge >= 0.3 is 0 Å². The van der Waals surface area contributed by atoms with Crippen molar-refractivity contribution >= 4 is 23.0 Å². The van der Waals surface area contributed by atoms with E-state index in [1.165, 1.54) is 17.7 Å². The molecular formula is C15H20N4S. The number of thiophene rings is 1. The predicted octanol–water partition coefficient (Wildman–Crippen LogP) is 3.16. The van der Waals surface area contributed by atoms with E-state index in [9.17, 15) is 0 Å². The Kier molecular flexibility index (Phi) is 3.61. The second kappa shape index (κ2) is 5.40. The highest BCUT2D eigenvalue weighted by Crippen LogP contribution is 2.35. The quantitative estimate of drug-likeness (QED) is 0.918. The van der Waals surface area contributed by atoms with Crippen molar-refractivity contribution < 1.29 is 0 Å². The van der Waals surface area contributed by atoms with Crippen molar-refractivity contribution in [1.82, 2.24) is 9.97 Å². The Morgan fingerprint density at radius 2 is 2.20 bits per heavy atom. The average molecular weight is 288 g/mol. The number of nitrogen functional groups attached to an aromatic ring is 1. The van der Waals surface area contributed by atoms with Crippen molar-refractivity contribution in [3.8, 4) is 0 Å². The molecule has 0 aliphatic heterocycles. The van der Waals surface area contributed by atoms with E-state index < -0.39 is 0 Å². The lowest BCUT2D eigenvalue weighted by molar-refractivity contribution is 0.768. The first kappa shape index (κ1) is 13.4. The molecule has 1 fully saturated rings. The van der Waals surface area contributed by atoms with Gasteiger partial charge in [-0.1, -0.05) is 13.0 Å². The monoisotopic (exact) mass is 288 g/mol. The van der Waals surface area contributed by atoms with Gasteiger partial charge in [-0.3, -0.25) is 0 Å². The van der Waals surface area contributed by atoms with E-state index in [-0.39, 0.29) is 0 Å². The van der Waals surface area contributed by atoms with Crippen LogP contribution in [0.25, 0.3) is 0 Å². The Morgan fingerprint density at radius 3 is 2.80 bits per heavy atom. The number of hydrogen-bond donors (Lipinski definition) is 1. The summed E-state index contributed by atoms with van der Waals surface area (Å²) in [5.74, 6) is 2.47. The van der Waals surface area contributed by atoms with Crippen molar-refractivity contribution in [3.05, 3.63) is 33.8 Å². The Morgan fingerprint density at radius 1 is 1.40 bits per heavy atom. The Balaban J connectivity index is 1.96. The molecule has 4 nitrogen and oxygen atoms in total. The van der Waals surface area contributed by atoms with Gasteiger partial charge in [0.05, 0.1) is 6.54 Å². The fourth-order valence-electron chi connectivity index (χ4n) is 2.34. The molecule has 1 aliphatic carbocycles. The van der Waals surface area contributed by atoms with Crippen LogP contribution in [0.4, 0.5) is 11.6 Å². The van der Waals surface area contributed by atoms with Gasteiger partial charge in [0, 0.05) is 22.9 Å². The van der Waals surface area contributed by atoms with Crippen LogP contribution in [0.2, 0.25) is 0 Å². The third-order valence-electron chi connectivity index (χ3n) is 3.69. The maximum atomic E-state index is 6.05. The molecule has 0 radical (unpaired) electrons. The minimum Gasteiger partial charge on any atom is -0.383 e. The van der Waals surface area contributed by atoms with Gasteiger partial charge in [-0.15, -0.1) is 11.3 Å². The molecule has 0 atom stereocenters. The molecule has 0 saturated heterocycles. The molecule has 1 aliphatic rings. The molecule has 2 N–H and O–H groups in total. The third kappa shape index (κ3) is 2.63. The largest absolute Gasteiger partial charge is 0.383 e. The van der Waals surface area contributed by atoms with Crippen molar-refractivity contribution in [2.75, 3.05) is 10.6 Å². The molecule has 20 heavy (non-hydrogen) atoms. The summed E-state index contributed by atoms with van der Waals surface area (Å²) in [4.78, 5) is 12.9. The van der Waals surface area contributed by atoms with Crippen LogP contribution in [-0.4, -0.2) is 16.0 Å². The number of nitrogens with zero attached hydrogens (tertiary/aromatic N) is 3. The summed E-state index contributed by atoms with van der Waals surface area (Å²) < 4.78 is 0. The highest BCUT2D eigenvalue weighted by atomic mass is 32.1. The topological polar surface area (TPSA) is 55.0 Å². The minimum absolute atomic E-state index is 0.606.